The van der Waals surface area contributed by atoms with Crippen molar-refractivity contribution in [3.63, 3.8) is 0 Å². The van der Waals surface area contributed by atoms with Gasteiger partial charge in [-0.15, -0.1) is 0 Å². The first-order chi connectivity index (χ1) is 15.8. The minimum atomic E-state index is -0.668. The lowest BCUT2D eigenvalue weighted by Crippen LogP contribution is -2.52. The highest BCUT2D eigenvalue weighted by molar-refractivity contribution is 6.06. The number of carbonyl (C=O) groups excluding carboxylic acids is 4. The van der Waals surface area contributed by atoms with Crippen molar-refractivity contribution in [2.45, 2.75) is 25.4 Å². The zero-order valence-electron chi connectivity index (χ0n) is 17.9. The summed E-state index contributed by atoms with van der Waals surface area (Å²) in [4.78, 5) is 54.8. The van der Waals surface area contributed by atoms with Crippen molar-refractivity contribution in [1.82, 2.24) is 19.8 Å². The van der Waals surface area contributed by atoms with Crippen molar-refractivity contribution in [1.29, 1.82) is 0 Å². The van der Waals surface area contributed by atoms with Crippen LogP contribution in [-0.2, 0) is 23.2 Å². The number of benzene rings is 2. The summed E-state index contributed by atoms with van der Waals surface area (Å²) in [6, 6.07) is 11.8. The zero-order valence-corrected chi connectivity index (χ0v) is 17.9. The summed E-state index contributed by atoms with van der Waals surface area (Å²) in [6.45, 7) is 0.272. The van der Waals surface area contributed by atoms with Crippen LogP contribution >= 0.6 is 0 Å². The van der Waals surface area contributed by atoms with E-state index < -0.39 is 17.9 Å². The minimum absolute atomic E-state index is 0.207. The Morgan fingerprint density at radius 3 is 2.67 bits per heavy atom. The Morgan fingerprint density at radius 2 is 1.91 bits per heavy atom. The van der Waals surface area contributed by atoms with E-state index in [0.29, 0.717) is 28.8 Å². The molecule has 33 heavy (non-hydrogen) atoms. The van der Waals surface area contributed by atoms with Crippen LogP contribution in [0.15, 0.2) is 48.8 Å². The van der Waals surface area contributed by atoms with E-state index in [9.17, 15) is 19.2 Å². The fourth-order valence-electron chi connectivity index (χ4n) is 4.59. The van der Waals surface area contributed by atoms with Gasteiger partial charge in [0.05, 0.1) is 17.7 Å². The fraction of sp³-hybridized carbons (Fsp3) is 0.208. The third-order valence-corrected chi connectivity index (χ3v) is 6.18. The maximum absolute atomic E-state index is 13.0. The molecule has 1 atom stereocenters. The summed E-state index contributed by atoms with van der Waals surface area (Å²) in [5, 5.41) is 2.31. The van der Waals surface area contributed by atoms with Gasteiger partial charge >= 0.3 is 0 Å². The van der Waals surface area contributed by atoms with Gasteiger partial charge in [0.15, 0.2) is 0 Å². The number of amides is 4. The number of primary amides is 1. The number of nitrogens with one attached hydrogen (secondary N) is 1. The lowest BCUT2D eigenvalue weighted by molar-refractivity contribution is -0.136. The highest BCUT2D eigenvalue weighted by Gasteiger charge is 2.39. The highest BCUT2D eigenvalue weighted by atomic mass is 16.2. The minimum Gasteiger partial charge on any atom is -0.366 e. The number of fused-ring (bicyclic) bond motifs is 1. The van der Waals surface area contributed by atoms with Gasteiger partial charge in [-0.05, 0) is 30.2 Å². The third-order valence-electron chi connectivity index (χ3n) is 6.18. The number of rotatable bonds is 4. The van der Waals surface area contributed by atoms with Crippen molar-refractivity contribution in [3.05, 3.63) is 65.5 Å². The van der Waals surface area contributed by atoms with Crippen molar-refractivity contribution < 1.29 is 19.2 Å². The first-order valence-electron chi connectivity index (χ1n) is 10.5. The first kappa shape index (κ1) is 20.6. The van der Waals surface area contributed by atoms with E-state index in [1.807, 2.05) is 35.9 Å². The number of nitrogens with zero attached hydrogens (tertiary/aromatic N) is 3. The molecule has 0 aliphatic carbocycles. The highest BCUT2D eigenvalue weighted by Crippen LogP contribution is 2.36. The van der Waals surface area contributed by atoms with Crippen LogP contribution in [0.25, 0.3) is 22.5 Å². The summed E-state index contributed by atoms with van der Waals surface area (Å²) < 4.78 is 1.82. The Bertz CT molecular complexity index is 1340. The lowest BCUT2D eigenvalue weighted by Gasteiger charge is -2.29. The molecule has 1 saturated heterocycles. The van der Waals surface area contributed by atoms with E-state index in [2.05, 4.69) is 10.3 Å². The predicted octanol–water partition coefficient (Wildman–Crippen LogP) is 1.61. The van der Waals surface area contributed by atoms with Gasteiger partial charge in [0.25, 0.3) is 5.91 Å². The largest absolute Gasteiger partial charge is 0.366 e. The Hall–Kier alpha value is -4.27. The lowest BCUT2D eigenvalue weighted by atomic mass is 9.98. The summed E-state index contributed by atoms with van der Waals surface area (Å²) in [5.74, 6) is -1.52. The van der Waals surface area contributed by atoms with Gasteiger partial charge in [-0.3, -0.25) is 24.5 Å². The normalized spacial score (nSPS) is 17.8. The molecular formula is C24H21N5O4. The van der Waals surface area contributed by atoms with E-state index in [-0.39, 0.29) is 24.8 Å². The van der Waals surface area contributed by atoms with Gasteiger partial charge in [-0.25, -0.2) is 4.98 Å². The second-order valence-corrected chi connectivity index (χ2v) is 8.23. The van der Waals surface area contributed by atoms with Crippen molar-refractivity contribution in [2.75, 3.05) is 0 Å². The quantitative estimate of drug-likeness (QED) is 0.592. The SMILES string of the molecule is Cn1cnc(-c2ccc3c(c2)CN(C2CCC(=O)NC2=O)C3=O)c1-c1ccccc1C(N)=O. The molecule has 0 saturated carbocycles. The second-order valence-electron chi connectivity index (χ2n) is 8.23. The fourth-order valence-corrected chi connectivity index (χ4v) is 4.59. The van der Waals surface area contributed by atoms with Gasteiger partial charge < -0.3 is 15.2 Å². The molecule has 1 unspecified atom stereocenters. The predicted molar refractivity (Wildman–Crippen MR) is 119 cm³/mol. The van der Waals surface area contributed by atoms with E-state index in [1.54, 1.807) is 24.5 Å². The van der Waals surface area contributed by atoms with Gasteiger partial charge in [0.1, 0.15) is 6.04 Å². The molecule has 0 spiro atoms. The average Bonchev–Trinajstić information content (AvgIpc) is 3.33. The monoisotopic (exact) mass is 443 g/mol. The van der Waals surface area contributed by atoms with Crippen LogP contribution in [0.2, 0.25) is 0 Å². The van der Waals surface area contributed by atoms with Gasteiger partial charge in [-0.1, -0.05) is 24.3 Å². The summed E-state index contributed by atoms with van der Waals surface area (Å²) in [6.07, 6.45) is 2.18. The summed E-state index contributed by atoms with van der Waals surface area (Å²) >= 11 is 0. The van der Waals surface area contributed by atoms with Crippen molar-refractivity contribution >= 4 is 23.6 Å². The Labute approximate surface area is 189 Å². The van der Waals surface area contributed by atoms with Crippen LogP contribution in [0.3, 0.4) is 0 Å². The number of aryl methyl sites for hydroxylation is 1. The van der Waals surface area contributed by atoms with Crippen LogP contribution in [-0.4, -0.2) is 44.1 Å². The van der Waals surface area contributed by atoms with Crippen LogP contribution < -0.4 is 11.1 Å². The Morgan fingerprint density at radius 1 is 1.12 bits per heavy atom. The van der Waals surface area contributed by atoms with E-state index in [4.69, 9.17) is 5.73 Å². The van der Waals surface area contributed by atoms with Crippen LogP contribution in [0.1, 0.15) is 39.1 Å². The van der Waals surface area contributed by atoms with Gasteiger partial charge in [-0.2, -0.15) is 0 Å². The second kappa shape index (κ2) is 7.70. The molecule has 3 aromatic rings. The number of nitrogens with two attached hydrogens (primary N) is 1. The summed E-state index contributed by atoms with van der Waals surface area (Å²) in [5.41, 5.74) is 10.1. The van der Waals surface area contributed by atoms with Crippen LogP contribution in [0.5, 0.6) is 0 Å². The molecule has 0 radical (unpaired) electrons. The molecule has 5 rings (SSSR count). The summed E-state index contributed by atoms with van der Waals surface area (Å²) in [7, 11) is 1.84. The molecular weight excluding hydrogens is 422 g/mol. The van der Waals surface area contributed by atoms with E-state index in [1.165, 1.54) is 4.90 Å². The van der Waals surface area contributed by atoms with Crippen molar-refractivity contribution in [3.8, 4) is 22.5 Å². The number of imide groups is 1. The number of aromatic nitrogens is 2. The molecule has 0 bridgehead atoms. The Balaban J connectivity index is 1.52. The number of carbonyl (C=O) groups is 4. The molecule has 1 fully saturated rings. The van der Waals surface area contributed by atoms with Gasteiger partial charge in [0.2, 0.25) is 17.7 Å². The molecule has 9 nitrogen and oxygen atoms in total. The van der Waals surface area contributed by atoms with E-state index >= 15 is 0 Å². The van der Waals surface area contributed by atoms with Crippen molar-refractivity contribution in [2.24, 2.45) is 12.8 Å². The molecule has 166 valence electrons. The number of piperidine rings is 1. The topological polar surface area (TPSA) is 127 Å². The molecule has 1 aromatic heterocycles. The zero-order chi connectivity index (χ0) is 23.3. The number of hydrogen-bond acceptors (Lipinski definition) is 5. The smallest absolute Gasteiger partial charge is 0.255 e. The van der Waals surface area contributed by atoms with Crippen LogP contribution in [0, 0.1) is 0 Å². The standard InChI is InChI=1S/C24H21N5O4/c1-28-12-26-20(21(28)16-4-2-3-5-17(16)22(25)31)13-6-7-15-14(10-13)11-29(24(15)33)18-8-9-19(30)27-23(18)32/h2-7,10,12,18H,8-9,11H2,1H3,(H2,25,31)(H,27,30,32). The molecule has 2 aliphatic heterocycles. The maximum atomic E-state index is 13.0. The number of imidazole rings is 1. The van der Waals surface area contributed by atoms with E-state index in [0.717, 1.165) is 16.8 Å². The molecule has 3 heterocycles. The number of hydrogen-bond donors (Lipinski definition) is 2. The first-order valence-corrected chi connectivity index (χ1v) is 10.5. The van der Waals surface area contributed by atoms with Gasteiger partial charge in [0, 0.05) is 42.3 Å². The molecule has 2 aliphatic rings. The molecule has 2 aromatic carbocycles. The van der Waals surface area contributed by atoms with Crippen LogP contribution in [0.4, 0.5) is 0 Å². The molecule has 4 amide bonds. The maximum Gasteiger partial charge on any atom is 0.255 e. The molecule has 9 heteroatoms. The Kier molecular flexibility index (Phi) is 4.81. The third kappa shape index (κ3) is 3.38. The average molecular weight is 443 g/mol. The molecule has 3 N–H and O–H groups in total.